The van der Waals surface area contributed by atoms with Crippen molar-refractivity contribution < 1.29 is 32.6 Å². The molecule has 0 unspecified atom stereocenters. The van der Waals surface area contributed by atoms with Gasteiger partial charge in [0.05, 0.1) is 38.2 Å². The molecule has 3 rings (SSSR count). The molecular formula is C26H34N4O7S. The van der Waals surface area contributed by atoms with Crippen molar-refractivity contribution in [3.8, 4) is 5.75 Å². The molecule has 0 fully saturated rings. The molecule has 2 aromatic rings. The fourth-order valence-electron chi connectivity index (χ4n) is 4.18. The first-order chi connectivity index (χ1) is 18.1. The molecule has 206 valence electrons. The third-order valence-electron chi connectivity index (χ3n) is 5.89. The number of ketones is 1. The third-order valence-corrected chi connectivity index (χ3v) is 7.74. The van der Waals surface area contributed by atoms with Crippen LogP contribution in [0.5, 0.6) is 5.75 Å². The van der Waals surface area contributed by atoms with Crippen LogP contribution < -0.4 is 15.4 Å². The molecule has 1 aliphatic heterocycles. The van der Waals surface area contributed by atoms with E-state index >= 15 is 0 Å². The van der Waals surface area contributed by atoms with Crippen molar-refractivity contribution in [1.82, 2.24) is 15.5 Å². The molecule has 1 heterocycles. The van der Waals surface area contributed by atoms with Gasteiger partial charge >= 0.3 is 6.09 Å². The molecular weight excluding hydrogens is 512 g/mol. The topological polar surface area (TPSA) is 147 Å². The van der Waals surface area contributed by atoms with Crippen molar-refractivity contribution >= 4 is 27.5 Å². The van der Waals surface area contributed by atoms with Gasteiger partial charge in [-0.3, -0.25) is 14.7 Å². The molecule has 0 saturated heterocycles. The molecule has 2 aromatic carbocycles. The van der Waals surface area contributed by atoms with Crippen LogP contribution in [0.1, 0.15) is 22.3 Å². The summed E-state index contributed by atoms with van der Waals surface area (Å²) >= 11 is 0. The first-order valence-corrected chi connectivity index (χ1v) is 13.8. The minimum absolute atomic E-state index is 0.0814. The van der Waals surface area contributed by atoms with Crippen LogP contribution in [-0.2, 0) is 25.9 Å². The lowest BCUT2D eigenvalue weighted by Crippen LogP contribution is -2.33. The van der Waals surface area contributed by atoms with E-state index in [9.17, 15) is 23.1 Å². The molecule has 1 amide bonds. The predicted molar refractivity (Wildman–Crippen MR) is 143 cm³/mol. The Hall–Kier alpha value is -3.32. The van der Waals surface area contributed by atoms with E-state index in [-0.39, 0.29) is 42.9 Å². The number of carbonyl (C=O) groups excluding carboxylic acids is 1. The second-order valence-corrected chi connectivity index (χ2v) is 10.8. The molecule has 11 nitrogen and oxygen atoms in total. The van der Waals surface area contributed by atoms with Crippen LogP contribution in [0.3, 0.4) is 0 Å². The number of hydrogen-bond acceptors (Lipinski definition) is 9. The number of benzene rings is 2. The Morgan fingerprint density at radius 2 is 1.79 bits per heavy atom. The minimum atomic E-state index is -3.54. The van der Waals surface area contributed by atoms with Crippen LogP contribution in [-0.4, -0.2) is 88.5 Å². The smallest absolute Gasteiger partial charge is 0.413 e. The number of methoxy groups -OCH3 is 1. The Morgan fingerprint density at radius 1 is 1.11 bits per heavy atom. The summed E-state index contributed by atoms with van der Waals surface area (Å²) in [6.07, 6.45) is -1.02. The first kappa shape index (κ1) is 29.2. The SMILES string of the molecule is COc1cc(C)c(S(=O)(=O)CNCCOCC(=O)CNCc2ccc(C3=NCCN3C(=O)O)cc2)c(C)c1. The Bertz CT molecular complexity index is 1250. The summed E-state index contributed by atoms with van der Waals surface area (Å²) in [5.41, 5.74) is 2.92. The van der Waals surface area contributed by atoms with Gasteiger partial charge in [0.15, 0.2) is 15.6 Å². The number of carbonyl (C=O) groups is 2. The number of amidine groups is 1. The summed E-state index contributed by atoms with van der Waals surface area (Å²) in [6, 6.07) is 10.7. The van der Waals surface area contributed by atoms with Crippen LogP contribution in [0.2, 0.25) is 0 Å². The van der Waals surface area contributed by atoms with E-state index in [1.54, 1.807) is 26.0 Å². The van der Waals surface area contributed by atoms with Crippen molar-refractivity contribution in [2.24, 2.45) is 4.99 Å². The highest BCUT2D eigenvalue weighted by Gasteiger charge is 2.24. The number of ether oxygens (including phenoxy) is 2. The highest BCUT2D eigenvalue weighted by atomic mass is 32.2. The molecule has 12 heteroatoms. The van der Waals surface area contributed by atoms with Crippen LogP contribution in [0.4, 0.5) is 4.79 Å². The number of aryl methyl sites for hydroxylation is 2. The lowest BCUT2D eigenvalue weighted by atomic mass is 10.1. The van der Waals surface area contributed by atoms with Crippen molar-refractivity contribution in [2.75, 3.05) is 52.4 Å². The lowest BCUT2D eigenvalue weighted by Gasteiger charge is -2.14. The summed E-state index contributed by atoms with van der Waals surface area (Å²) < 4.78 is 36.0. The summed E-state index contributed by atoms with van der Waals surface area (Å²) in [6.45, 7) is 5.27. The van der Waals surface area contributed by atoms with Gasteiger partial charge in [-0.1, -0.05) is 24.3 Å². The summed E-state index contributed by atoms with van der Waals surface area (Å²) in [5, 5.41) is 15.2. The van der Waals surface area contributed by atoms with E-state index in [1.165, 1.54) is 12.0 Å². The molecule has 38 heavy (non-hydrogen) atoms. The number of carboxylic acid groups (broad SMARTS) is 1. The maximum absolute atomic E-state index is 12.7. The van der Waals surface area contributed by atoms with E-state index in [0.717, 1.165) is 11.1 Å². The number of nitrogens with one attached hydrogen (secondary N) is 2. The van der Waals surface area contributed by atoms with Gasteiger partial charge in [-0.05, 0) is 42.7 Å². The number of sulfone groups is 1. The molecule has 0 aliphatic carbocycles. The Balaban J connectivity index is 1.32. The van der Waals surface area contributed by atoms with E-state index in [0.29, 0.717) is 42.3 Å². The van der Waals surface area contributed by atoms with E-state index < -0.39 is 15.9 Å². The fraction of sp³-hybridized carbons (Fsp3) is 0.423. The maximum atomic E-state index is 12.7. The molecule has 1 aliphatic rings. The average Bonchev–Trinajstić information content (AvgIpc) is 3.36. The zero-order valence-corrected chi connectivity index (χ0v) is 22.6. The van der Waals surface area contributed by atoms with E-state index in [1.807, 2.05) is 24.3 Å². The summed E-state index contributed by atoms with van der Waals surface area (Å²) in [7, 11) is -2.00. The quantitative estimate of drug-likeness (QED) is 0.302. The van der Waals surface area contributed by atoms with Gasteiger partial charge in [-0.2, -0.15) is 0 Å². The number of Topliss-reactive ketones (excluding diaryl/α,β-unsaturated/α-hetero) is 1. The standard InChI is InChI=1S/C26H34N4O7S/c1-18-12-23(36-3)13-19(2)24(18)38(34,35)17-27-9-11-37-16-22(31)15-28-14-20-4-6-21(7-5-20)25-29-8-10-30(25)26(32)33/h4-7,12-13,27-28H,8-11,14-17H2,1-3H3,(H,32,33). The minimum Gasteiger partial charge on any atom is -0.497 e. The second kappa shape index (κ2) is 13.5. The van der Waals surface area contributed by atoms with Crippen molar-refractivity contribution in [2.45, 2.75) is 25.3 Å². The number of amides is 1. The predicted octanol–water partition coefficient (Wildman–Crippen LogP) is 1.75. The van der Waals surface area contributed by atoms with E-state index in [2.05, 4.69) is 15.6 Å². The monoisotopic (exact) mass is 546 g/mol. The van der Waals surface area contributed by atoms with Gasteiger partial charge < -0.3 is 25.2 Å². The number of hydrogen-bond donors (Lipinski definition) is 3. The van der Waals surface area contributed by atoms with Crippen LogP contribution in [0.25, 0.3) is 0 Å². The van der Waals surface area contributed by atoms with Crippen LogP contribution in [0, 0.1) is 13.8 Å². The first-order valence-electron chi connectivity index (χ1n) is 12.2. The fourth-order valence-corrected chi connectivity index (χ4v) is 5.83. The highest BCUT2D eigenvalue weighted by Crippen LogP contribution is 2.26. The normalized spacial score (nSPS) is 13.4. The zero-order valence-electron chi connectivity index (χ0n) is 21.8. The van der Waals surface area contributed by atoms with E-state index in [4.69, 9.17) is 9.47 Å². The van der Waals surface area contributed by atoms with Gasteiger partial charge in [0.1, 0.15) is 24.1 Å². The molecule has 0 atom stereocenters. The largest absolute Gasteiger partial charge is 0.497 e. The van der Waals surface area contributed by atoms with Crippen LogP contribution in [0.15, 0.2) is 46.3 Å². The zero-order chi connectivity index (χ0) is 27.7. The molecule has 0 spiro atoms. The molecule has 0 aromatic heterocycles. The second-order valence-electron chi connectivity index (χ2n) is 8.88. The Kier molecular flexibility index (Phi) is 10.4. The Labute approximate surface area is 222 Å². The highest BCUT2D eigenvalue weighted by molar-refractivity contribution is 7.91. The molecule has 0 radical (unpaired) electrons. The third kappa shape index (κ3) is 7.84. The summed E-state index contributed by atoms with van der Waals surface area (Å²) in [4.78, 5) is 29.1. The van der Waals surface area contributed by atoms with Crippen molar-refractivity contribution in [3.05, 3.63) is 58.7 Å². The van der Waals surface area contributed by atoms with Crippen LogP contribution >= 0.6 is 0 Å². The summed E-state index contributed by atoms with van der Waals surface area (Å²) in [5.74, 6) is 0.694. The van der Waals surface area contributed by atoms with Crippen molar-refractivity contribution in [3.63, 3.8) is 0 Å². The van der Waals surface area contributed by atoms with Gasteiger partial charge in [-0.25, -0.2) is 13.2 Å². The maximum Gasteiger partial charge on any atom is 0.413 e. The molecule has 3 N–H and O–H groups in total. The average molecular weight is 547 g/mol. The number of aliphatic imine (C=N–C) groups is 1. The lowest BCUT2D eigenvalue weighted by molar-refractivity contribution is -0.122. The van der Waals surface area contributed by atoms with Crippen molar-refractivity contribution in [1.29, 1.82) is 0 Å². The number of rotatable bonds is 14. The molecule has 0 bridgehead atoms. The number of nitrogens with zero attached hydrogens (tertiary/aromatic N) is 2. The van der Waals surface area contributed by atoms with Gasteiger partial charge in [0, 0.05) is 18.7 Å². The van der Waals surface area contributed by atoms with Gasteiger partial charge in [0.25, 0.3) is 0 Å². The Morgan fingerprint density at radius 3 is 2.42 bits per heavy atom. The molecule has 0 saturated carbocycles. The van der Waals surface area contributed by atoms with Gasteiger partial charge in [0.2, 0.25) is 0 Å². The van der Waals surface area contributed by atoms with Gasteiger partial charge in [-0.15, -0.1) is 0 Å².